The van der Waals surface area contributed by atoms with Crippen LogP contribution in [0.3, 0.4) is 0 Å². The van der Waals surface area contributed by atoms with Gasteiger partial charge in [-0.3, -0.25) is 9.98 Å². The standard InChI is InChI=1S/C19H17FN2O2/c20-12-8-5-11(6-9-12)7-10-15-21-16-13-3-1-2-4-14(13)18(23)19(24)17(16)22-15/h1-6,8,12,15,23-24H,7,9-10H2. The second-order valence-electron chi connectivity index (χ2n) is 6.11. The second-order valence-corrected chi connectivity index (χ2v) is 6.11. The van der Waals surface area contributed by atoms with Crippen LogP contribution in [0.4, 0.5) is 4.39 Å². The Morgan fingerprint density at radius 2 is 1.79 bits per heavy atom. The highest BCUT2D eigenvalue weighted by Gasteiger charge is 2.19. The van der Waals surface area contributed by atoms with Crippen molar-refractivity contribution in [1.82, 2.24) is 0 Å². The molecule has 2 unspecified atom stereocenters. The minimum absolute atomic E-state index is 0.157. The van der Waals surface area contributed by atoms with Crippen molar-refractivity contribution in [1.29, 1.82) is 0 Å². The summed E-state index contributed by atoms with van der Waals surface area (Å²) >= 11 is 0. The van der Waals surface area contributed by atoms with Crippen molar-refractivity contribution in [3.63, 3.8) is 0 Å². The summed E-state index contributed by atoms with van der Waals surface area (Å²) < 4.78 is 13.1. The lowest BCUT2D eigenvalue weighted by Gasteiger charge is -2.10. The SMILES string of the molecule is Oc1c(O)c2ccccc2c2c1=NC(CCC1=CCC(F)C=C1)N=2. The van der Waals surface area contributed by atoms with Crippen LogP contribution in [0.1, 0.15) is 19.3 Å². The number of fused-ring (bicyclic) bond motifs is 3. The number of halogens is 1. The average Bonchev–Trinajstić information content (AvgIpc) is 3.04. The van der Waals surface area contributed by atoms with E-state index in [2.05, 4.69) is 9.98 Å². The fourth-order valence-electron chi connectivity index (χ4n) is 3.20. The first-order chi connectivity index (χ1) is 11.6. The van der Waals surface area contributed by atoms with Gasteiger partial charge in [-0.15, -0.1) is 0 Å². The number of rotatable bonds is 3. The van der Waals surface area contributed by atoms with Crippen LogP contribution in [0.2, 0.25) is 0 Å². The fourth-order valence-corrected chi connectivity index (χ4v) is 3.20. The third-order valence-corrected chi connectivity index (χ3v) is 4.48. The molecule has 2 aromatic rings. The van der Waals surface area contributed by atoms with Crippen LogP contribution in [-0.2, 0) is 0 Å². The van der Waals surface area contributed by atoms with Crippen molar-refractivity contribution in [2.45, 2.75) is 31.6 Å². The Morgan fingerprint density at radius 3 is 2.54 bits per heavy atom. The lowest BCUT2D eigenvalue weighted by atomic mass is 10.0. The molecular formula is C19H17FN2O2. The van der Waals surface area contributed by atoms with Gasteiger partial charge >= 0.3 is 0 Å². The summed E-state index contributed by atoms with van der Waals surface area (Å²) in [5.41, 5.74) is 1.09. The molecule has 0 saturated heterocycles. The van der Waals surface area contributed by atoms with Gasteiger partial charge in [0.05, 0.1) is 5.36 Å². The Kier molecular flexibility index (Phi) is 3.56. The predicted molar refractivity (Wildman–Crippen MR) is 89.3 cm³/mol. The molecule has 2 aromatic carbocycles. The monoisotopic (exact) mass is 324 g/mol. The number of allylic oxidation sites excluding steroid dienone is 4. The molecule has 0 bridgehead atoms. The topological polar surface area (TPSA) is 65.2 Å². The Morgan fingerprint density at radius 1 is 1.04 bits per heavy atom. The Labute approximate surface area is 138 Å². The van der Waals surface area contributed by atoms with E-state index in [4.69, 9.17) is 0 Å². The molecule has 4 nitrogen and oxygen atoms in total. The van der Waals surface area contributed by atoms with Gasteiger partial charge < -0.3 is 10.2 Å². The summed E-state index contributed by atoms with van der Waals surface area (Å²) in [6, 6.07) is 7.28. The van der Waals surface area contributed by atoms with Crippen LogP contribution in [-0.4, -0.2) is 22.6 Å². The maximum absolute atomic E-state index is 13.1. The highest BCUT2D eigenvalue weighted by atomic mass is 19.1. The van der Waals surface area contributed by atoms with E-state index >= 15 is 0 Å². The molecule has 0 spiro atoms. The molecule has 5 heteroatoms. The van der Waals surface area contributed by atoms with E-state index < -0.39 is 6.17 Å². The summed E-state index contributed by atoms with van der Waals surface area (Å²) in [6.07, 6.45) is 5.96. The van der Waals surface area contributed by atoms with Gasteiger partial charge in [-0.25, -0.2) is 4.39 Å². The number of alkyl halides is 1. The number of nitrogens with zero attached hydrogens (tertiary/aromatic N) is 2. The van der Waals surface area contributed by atoms with Gasteiger partial charge in [0.25, 0.3) is 0 Å². The smallest absolute Gasteiger partial charge is 0.186 e. The van der Waals surface area contributed by atoms with Gasteiger partial charge in [0.15, 0.2) is 11.5 Å². The molecule has 4 rings (SSSR count). The Balaban J connectivity index is 1.66. The van der Waals surface area contributed by atoms with Crippen molar-refractivity contribution in [2.75, 3.05) is 0 Å². The van der Waals surface area contributed by atoms with Crippen LogP contribution < -0.4 is 10.7 Å². The van der Waals surface area contributed by atoms with E-state index in [0.29, 0.717) is 28.9 Å². The number of phenols is 2. The lowest BCUT2D eigenvalue weighted by Crippen LogP contribution is -2.22. The number of hydrogen-bond acceptors (Lipinski definition) is 4. The van der Waals surface area contributed by atoms with E-state index in [1.165, 1.54) is 0 Å². The molecule has 24 heavy (non-hydrogen) atoms. The van der Waals surface area contributed by atoms with Crippen LogP contribution in [0.15, 0.2) is 58.1 Å². The predicted octanol–water partition coefficient (Wildman–Crippen LogP) is 2.83. The molecule has 0 aromatic heterocycles. The van der Waals surface area contributed by atoms with E-state index in [1.54, 1.807) is 18.2 Å². The molecule has 1 aliphatic carbocycles. The molecule has 0 fully saturated rings. The average molecular weight is 324 g/mol. The van der Waals surface area contributed by atoms with E-state index in [-0.39, 0.29) is 17.7 Å². The van der Waals surface area contributed by atoms with Crippen molar-refractivity contribution in [2.24, 2.45) is 9.98 Å². The number of aromatic hydroxyl groups is 2. The van der Waals surface area contributed by atoms with Crippen molar-refractivity contribution in [3.8, 4) is 11.5 Å². The summed E-state index contributed by atoms with van der Waals surface area (Å²) in [7, 11) is 0. The first kappa shape index (κ1) is 14.9. The molecule has 0 radical (unpaired) electrons. The Hall–Kier alpha value is -2.69. The molecular weight excluding hydrogens is 307 g/mol. The normalized spacial score (nSPS) is 22.0. The van der Waals surface area contributed by atoms with Crippen LogP contribution in [0, 0.1) is 0 Å². The van der Waals surface area contributed by atoms with Crippen LogP contribution >= 0.6 is 0 Å². The highest BCUT2D eigenvalue weighted by molar-refractivity contribution is 5.89. The van der Waals surface area contributed by atoms with Gasteiger partial charge in [0.1, 0.15) is 17.7 Å². The number of phenolic OH excluding ortho intramolecular Hbond substituents is 2. The number of hydrogen-bond donors (Lipinski definition) is 2. The van der Waals surface area contributed by atoms with Crippen LogP contribution in [0.25, 0.3) is 10.8 Å². The molecule has 2 N–H and O–H groups in total. The zero-order valence-electron chi connectivity index (χ0n) is 13.0. The van der Waals surface area contributed by atoms with Crippen molar-refractivity contribution >= 4 is 10.8 Å². The number of benzene rings is 2. The quantitative estimate of drug-likeness (QED) is 0.853. The molecule has 2 aliphatic rings. The lowest BCUT2D eigenvalue weighted by molar-refractivity contribution is 0.399. The molecule has 1 heterocycles. The minimum atomic E-state index is -0.884. The first-order valence-electron chi connectivity index (χ1n) is 8.03. The van der Waals surface area contributed by atoms with E-state index in [1.807, 2.05) is 24.3 Å². The maximum atomic E-state index is 13.1. The van der Waals surface area contributed by atoms with Gasteiger partial charge in [0, 0.05) is 17.2 Å². The zero-order chi connectivity index (χ0) is 16.7. The van der Waals surface area contributed by atoms with Crippen LogP contribution in [0.5, 0.6) is 11.5 Å². The summed E-state index contributed by atoms with van der Waals surface area (Å²) in [6.45, 7) is 0. The highest BCUT2D eigenvalue weighted by Crippen LogP contribution is 2.29. The fraction of sp³-hybridized carbons (Fsp3) is 0.263. The van der Waals surface area contributed by atoms with E-state index in [9.17, 15) is 14.6 Å². The third kappa shape index (κ3) is 2.46. The minimum Gasteiger partial charge on any atom is -0.504 e. The second kappa shape index (κ2) is 5.74. The van der Waals surface area contributed by atoms with Gasteiger partial charge in [-0.05, 0) is 12.8 Å². The third-order valence-electron chi connectivity index (χ3n) is 4.48. The Bertz CT molecular complexity index is 995. The van der Waals surface area contributed by atoms with Gasteiger partial charge in [-0.1, -0.05) is 48.1 Å². The summed E-state index contributed by atoms with van der Waals surface area (Å²) in [5.74, 6) is -0.372. The maximum Gasteiger partial charge on any atom is 0.186 e. The van der Waals surface area contributed by atoms with Gasteiger partial charge in [0.2, 0.25) is 0 Å². The van der Waals surface area contributed by atoms with Crippen molar-refractivity contribution < 1.29 is 14.6 Å². The summed E-state index contributed by atoms with van der Waals surface area (Å²) in [5, 5.41) is 22.7. The first-order valence-corrected chi connectivity index (χ1v) is 8.03. The van der Waals surface area contributed by atoms with E-state index in [0.717, 1.165) is 17.4 Å². The molecule has 0 saturated carbocycles. The molecule has 0 amide bonds. The summed E-state index contributed by atoms with van der Waals surface area (Å²) in [4.78, 5) is 9.08. The molecule has 1 aliphatic heterocycles. The molecule has 122 valence electrons. The van der Waals surface area contributed by atoms with Gasteiger partial charge in [-0.2, -0.15) is 0 Å². The molecule has 2 atom stereocenters. The van der Waals surface area contributed by atoms with Crippen molar-refractivity contribution in [3.05, 3.63) is 58.8 Å². The largest absolute Gasteiger partial charge is 0.504 e. The zero-order valence-corrected chi connectivity index (χ0v) is 13.0.